The first-order valence-electron chi connectivity index (χ1n) is 8.87. The molecule has 0 saturated heterocycles. The van der Waals surface area contributed by atoms with Crippen molar-refractivity contribution >= 4 is 22.5 Å². The molecule has 2 aromatic carbocycles. The number of fused-ring (bicyclic) bond motifs is 1. The van der Waals surface area contributed by atoms with Gasteiger partial charge in [0.15, 0.2) is 5.78 Å². The quantitative estimate of drug-likeness (QED) is 0.546. The predicted octanol–water partition coefficient (Wildman–Crippen LogP) is 3.29. The summed E-state index contributed by atoms with van der Waals surface area (Å²) in [4.78, 5) is 33.6. The number of nitrogens with one attached hydrogen (secondary N) is 1. The van der Waals surface area contributed by atoms with E-state index in [0.29, 0.717) is 17.2 Å². The maximum atomic E-state index is 12.8. The van der Waals surface area contributed by atoms with Crippen LogP contribution in [0.25, 0.3) is 22.0 Å². The van der Waals surface area contributed by atoms with Crippen LogP contribution in [0.4, 0.5) is 5.95 Å². The van der Waals surface area contributed by atoms with Gasteiger partial charge in [-0.05, 0) is 22.9 Å². The topological polar surface area (TPSA) is 76.9 Å². The lowest BCUT2D eigenvalue weighted by atomic mass is 10.0. The number of hydrogen-bond acceptors (Lipinski definition) is 5. The minimum atomic E-state index is -0.207. The number of hydrogen-bond donors (Lipinski definition) is 1. The summed E-state index contributed by atoms with van der Waals surface area (Å²) in [6.07, 6.45) is 3.29. The number of carbonyl (C=O) groups is 1. The molecule has 0 unspecified atom stereocenters. The number of pyridine rings is 1. The number of rotatable bonds is 5. The molecule has 4 rings (SSSR count). The summed E-state index contributed by atoms with van der Waals surface area (Å²) in [5.41, 5.74) is 1.75. The van der Waals surface area contributed by atoms with Gasteiger partial charge in [-0.1, -0.05) is 42.5 Å². The Kier molecular flexibility index (Phi) is 4.68. The van der Waals surface area contributed by atoms with E-state index < -0.39 is 0 Å². The highest BCUT2D eigenvalue weighted by atomic mass is 16.1. The van der Waals surface area contributed by atoms with E-state index in [-0.39, 0.29) is 17.9 Å². The van der Waals surface area contributed by atoms with Gasteiger partial charge >= 0.3 is 0 Å². The van der Waals surface area contributed by atoms with Crippen LogP contribution >= 0.6 is 0 Å². The van der Waals surface area contributed by atoms with Gasteiger partial charge in [-0.25, -0.2) is 4.98 Å². The molecule has 0 aliphatic heterocycles. The molecular formula is C22H18N4O2. The average Bonchev–Trinajstić information content (AvgIpc) is 2.74. The normalized spacial score (nSPS) is 10.8. The van der Waals surface area contributed by atoms with Crippen molar-refractivity contribution in [1.82, 2.24) is 14.5 Å². The van der Waals surface area contributed by atoms with Gasteiger partial charge in [-0.2, -0.15) is 0 Å². The SMILES string of the molecule is Cn1c(NCC(=O)c2cccc3ccccc23)nc(-c2ccncc2)cc1=O. The van der Waals surface area contributed by atoms with E-state index in [4.69, 9.17) is 0 Å². The Bertz CT molecular complexity index is 1210. The predicted molar refractivity (Wildman–Crippen MR) is 109 cm³/mol. The molecule has 0 aliphatic carbocycles. The third kappa shape index (κ3) is 3.40. The summed E-state index contributed by atoms with van der Waals surface area (Å²) in [7, 11) is 1.62. The Morgan fingerprint density at radius 3 is 2.61 bits per heavy atom. The van der Waals surface area contributed by atoms with Gasteiger partial charge in [0.2, 0.25) is 5.95 Å². The van der Waals surface area contributed by atoms with Crippen molar-refractivity contribution in [3.8, 4) is 11.3 Å². The van der Waals surface area contributed by atoms with Crippen LogP contribution in [0, 0.1) is 0 Å². The molecule has 28 heavy (non-hydrogen) atoms. The highest BCUT2D eigenvalue weighted by molar-refractivity contribution is 6.09. The first-order chi connectivity index (χ1) is 13.6. The van der Waals surface area contributed by atoms with Crippen molar-refractivity contribution in [2.24, 2.45) is 7.05 Å². The van der Waals surface area contributed by atoms with E-state index in [0.717, 1.165) is 16.3 Å². The van der Waals surface area contributed by atoms with Crippen molar-refractivity contribution in [2.45, 2.75) is 0 Å². The van der Waals surface area contributed by atoms with Gasteiger partial charge in [0.05, 0.1) is 12.2 Å². The molecule has 0 amide bonds. The fraction of sp³-hybridized carbons (Fsp3) is 0.0909. The summed E-state index contributed by atoms with van der Waals surface area (Å²) < 4.78 is 1.39. The molecule has 6 nitrogen and oxygen atoms in total. The van der Waals surface area contributed by atoms with Crippen molar-refractivity contribution in [2.75, 3.05) is 11.9 Å². The van der Waals surface area contributed by atoms with Gasteiger partial charge < -0.3 is 5.32 Å². The standard InChI is InChI=1S/C22H18N4O2/c1-26-21(28)13-19(16-9-11-23-12-10-16)25-22(26)24-14-20(27)18-8-4-6-15-5-2-3-7-17(15)18/h2-13H,14H2,1H3,(H,24,25). The van der Waals surface area contributed by atoms with E-state index in [2.05, 4.69) is 15.3 Å². The van der Waals surface area contributed by atoms with Crippen molar-refractivity contribution in [3.63, 3.8) is 0 Å². The van der Waals surface area contributed by atoms with E-state index in [1.807, 2.05) is 42.5 Å². The molecule has 2 aromatic heterocycles. The molecule has 0 saturated carbocycles. The fourth-order valence-electron chi connectivity index (χ4n) is 3.09. The molecule has 1 N–H and O–H groups in total. The molecule has 0 aliphatic rings. The van der Waals surface area contributed by atoms with Crippen LogP contribution in [0.1, 0.15) is 10.4 Å². The number of benzene rings is 2. The van der Waals surface area contributed by atoms with Crippen molar-refractivity contribution < 1.29 is 4.79 Å². The van der Waals surface area contributed by atoms with E-state index in [1.165, 1.54) is 10.6 Å². The van der Waals surface area contributed by atoms with Gasteiger partial charge in [0.25, 0.3) is 5.56 Å². The van der Waals surface area contributed by atoms with Gasteiger partial charge in [-0.3, -0.25) is 19.1 Å². The smallest absolute Gasteiger partial charge is 0.255 e. The summed E-state index contributed by atoms with van der Waals surface area (Å²) in [6, 6.07) is 18.5. The van der Waals surface area contributed by atoms with Gasteiger partial charge in [0, 0.05) is 36.6 Å². The van der Waals surface area contributed by atoms with Crippen LogP contribution in [0.5, 0.6) is 0 Å². The Hall–Kier alpha value is -3.80. The number of ketones is 1. The third-order valence-corrected chi connectivity index (χ3v) is 4.61. The Morgan fingerprint density at radius 1 is 1.04 bits per heavy atom. The van der Waals surface area contributed by atoms with Crippen LogP contribution in [-0.4, -0.2) is 26.9 Å². The summed E-state index contributed by atoms with van der Waals surface area (Å²) >= 11 is 0. The molecule has 0 fully saturated rings. The second-order valence-corrected chi connectivity index (χ2v) is 6.40. The monoisotopic (exact) mass is 370 g/mol. The molecule has 0 bridgehead atoms. The average molecular weight is 370 g/mol. The number of nitrogens with zero attached hydrogens (tertiary/aromatic N) is 3. The first kappa shape index (κ1) is 17.6. The van der Waals surface area contributed by atoms with E-state index >= 15 is 0 Å². The Morgan fingerprint density at radius 2 is 1.79 bits per heavy atom. The lowest BCUT2D eigenvalue weighted by Gasteiger charge is -2.12. The van der Waals surface area contributed by atoms with Crippen LogP contribution < -0.4 is 10.9 Å². The van der Waals surface area contributed by atoms with Crippen molar-refractivity contribution in [3.05, 3.63) is 89.0 Å². The summed E-state index contributed by atoms with van der Waals surface area (Å²) in [6.45, 7) is 0.0358. The minimum absolute atomic E-state index is 0.0358. The largest absolute Gasteiger partial charge is 0.348 e. The molecule has 0 spiro atoms. The lowest BCUT2D eigenvalue weighted by molar-refractivity contribution is 0.101. The zero-order valence-corrected chi connectivity index (χ0v) is 15.3. The number of aromatic nitrogens is 3. The third-order valence-electron chi connectivity index (χ3n) is 4.61. The van der Waals surface area contributed by atoms with Gasteiger partial charge in [0.1, 0.15) is 0 Å². The number of Topliss-reactive ketones (excluding diaryl/α,β-unsaturated/α-hetero) is 1. The molecule has 2 heterocycles. The van der Waals surface area contributed by atoms with Gasteiger partial charge in [-0.15, -0.1) is 0 Å². The lowest BCUT2D eigenvalue weighted by Crippen LogP contribution is -2.24. The summed E-state index contributed by atoms with van der Waals surface area (Å²) in [5, 5.41) is 4.93. The highest BCUT2D eigenvalue weighted by Gasteiger charge is 2.12. The highest BCUT2D eigenvalue weighted by Crippen LogP contribution is 2.19. The zero-order valence-electron chi connectivity index (χ0n) is 15.3. The zero-order chi connectivity index (χ0) is 19.5. The fourth-order valence-corrected chi connectivity index (χ4v) is 3.09. The Balaban J connectivity index is 1.62. The van der Waals surface area contributed by atoms with Crippen LogP contribution in [0.2, 0.25) is 0 Å². The van der Waals surface area contributed by atoms with Crippen LogP contribution in [0.3, 0.4) is 0 Å². The first-order valence-corrected chi connectivity index (χ1v) is 8.87. The van der Waals surface area contributed by atoms with E-state index in [9.17, 15) is 9.59 Å². The Labute approximate surface area is 161 Å². The number of anilines is 1. The second kappa shape index (κ2) is 7.44. The molecule has 0 radical (unpaired) electrons. The molecule has 6 heteroatoms. The molecule has 4 aromatic rings. The second-order valence-electron chi connectivity index (χ2n) is 6.40. The number of carbonyl (C=O) groups excluding carboxylic acids is 1. The minimum Gasteiger partial charge on any atom is -0.348 e. The maximum Gasteiger partial charge on any atom is 0.255 e. The van der Waals surface area contributed by atoms with E-state index in [1.54, 1.807) is 31.6 Å². The summed E-state index contributed by atoms with van der Waals surface area (Å²) in [5.74, 6) is 0.272. The molecule has 138 valence electrons. The van der Waals surface area contributed by atoms with Crippen LogP contribution in [0.15, 0.2) is 77.9 Å². The molecule has 0 atom stereocenters. The van der Waals surface area contributed by atoms with Crippen molar-refractivity contribution in [1.29, 1.82) is 0 Å². The maximum absolute atomic E-state index is 12.8. The van der Waals surface area contributed by atoms with Crippen LogP contribution in [-0.2, 0) is 7.05 Å². The molecular weight excluding hydrogens is 352 g/mol.